The fourth-order valence-electron chi connectivity index (χ4n) is 2.72. The summed E-state index contributed by atoms with van der Waals surface area (Å²) in [4.78, 5) is 30.1. The maximum Gasteiger partial charge on any atom is 0.320 e. The first-order valence-electron chi connectivity index (χ1n) is 7.88. The van der Waals surface area contributed by atoms with Crippen molar-refractivity contribution in [1.82, 2.24) is 10.3 Å². The molecule has 2 N–H and O–H groups in total. The van der Waals surface area contributed by atoms with Crippen LogP contribution in [0.3, 0.4) is 0 Å². The molecule has 0 aliphatic carbocycles. The fourth-order valence-corrected chi connectivity index (χ4v) is 2.72. The molecule has 24 heavy (non-hydrogen) atoms. The number of benzene rings is 1. The molecule has 1 aliphatic heterocycles. The molecule has 1 aromatic carbocycles. The average Bonchev–Trinajstić information content (AvgIpc) is 2.88. The lowest BCUT2D eigenvalue weighted by Crippen LogP contribution is -2.39. The lowest BCUT2D eigenvalue weighted by molar-refractivity contribution is -0.117. The normalized spacial score (nSPS) is 17.0. The Morgan fingerprint density at radius 3 is 2.62 bits per heavy atom. The molecule has 6 nitrogen and oxygen atoms in total. The highest BCUT2D eigenvalue weighted by Crippen LogP contribution is 2.22. The van der Waals surface area contributed by atoms with Gasteiger partial charge in [0.15, 0.2) is 0 Å². The number of nitrogens with one attached hydrogen (secondary N) is 2. The van der Waals surface area contributed by atoms with Crippen molar-refractivity contribution in [3.8, 4) is 0 Å². The standard InChI is InChI=1S/C18H20N4O2/c1-12-3-5-15(6-4-12)22-11-14(10-17(22)23)20-18(24)21-16-9-13(2)7-8-19-16/h3-9,14H,10-11H2,1-2H3,(H2,19,20,21,24)/t14-/m1/s1. The summed E-state index contributed by atoms with van der Waals surface area (Å²) < 4.78 is 0. The molecule has 6 heteroatoms. The molecule has 1 saturated heterocycles. The third kappa shape index (κ3) is 3.71. The van der Waals surface area contributed by atoms with Gasteiger partial charge in [-0.05, 0) is 43.7 Å². The SMILES string of the molecule is Cc1ccc(N2C[C@H](NC(=O)Nc3cc(C)ccn3)CC2=O)cc1. The molecule has 0 radical (unpaired) electrons. The van der Waals surface area contributed by atoms with E-state index in [4.69, 9.17) is 0 Å². The Hall–Kier alpha value is -2.89. The van der Waals surface area contributed by atoms with Crippen molar-refractivity contribution < 1.29 is 9.59 Å². The summed E-state index contributed by atoms with van der Waals surface area (Å²) in [6.07, 6.45) is 1.94. The zero-order chi connectivity index (χ0) is 17.1. The summed E-state index contributed by atoms with van der Waals surface area (Å²) in [5, 5.41) is 5.53. The van der Waals surface area contributed by atoms with Crippen molar-refractivity contribution in [2.75, 3.05) is 16.8 Å². The van der Waals surface area contributed by atoms with Crippen molar-refractivity contribution in [2.24, 2.45) is 0 Å². The van der Waals surface area contributed by atoms with Crippen LogP contribution in [0.4, 0.5) is 16.3 Å². The highest BCUT2D eigenvalue weighted by molar-refractivity contribution is 5.97. The number of pyridine rings is 1. The minimum Gasteiger partial charge on any atom is -0.333 e. The molecule has 2 aromatic rings. The summed E-state index contributed by atoms with van der Waals surface area (Å²) in [7, 11) is 0. The monoisotopic (exact) mass is 324 g/mol. The Morgan fingerprint density at radius 2 is 1.92 bits per heavy atom. The van der Waals surface area contributed by atoms with Crippen LogP contribution in [0.15, 0.2) is 42.6 Å². The Labute approximate surface area is 140 Å². The predicted octanol–water partition coefficient (Wildman–Crippen LogP) is 2.63. The molecule has 1 aliphatic rings. The first-order chi connectivity index (χ1) is 11.5. The number of rotatable bonds is 3. The van der Waals surface area contributed by atoms with Crippen LogP contribution in [0.1, 0.15) is 17.5 Å². The van der Waals surface area contributed by atoms with Gasteiger partial charge in [-0.3, -0.25) is 10.1 Å². The number of anilines is 2. The summed E-state index contributed by atoms with van der Waals surface area (Å²) in [6.45, 7) is 4.40. The zero-order valence-electron chi connectivity index (χ0n) is 13.7. The van der Waals surface area contributed by atoms with Crippen LogP contribution >= 0.6 is 0 Å². The van der Waals surface area contributed by atoms with E-state index in [0.29, 0.717) is 18.8 Å². The molecule has 0 saturated carbocycles. The second-order valence-corrected chi connectivity index (χ2v) is 6.06. The van der Waals surface area contributed by atoms with Gasteiger partial charge in [-0.15, -0.1) is 0 Å². The molecule has 1 atom stereocenters. The van der Waals surface area contributed by atoms with E-state index >= 15 is 0 Å². The molecule has 0 bridgehead atoms. The Balaban J connectivity index is 1.59. The lowest BCUT2D eigenvalue weighted by Gasteiger charge is -2.17. The first kappa shape index (κ1) is 16.0. The molecular formula is C18H20N4O2. The van der Waals surface area contributed by atoms with Crippen LogP contribution in [0.5, 0.6) is 0 Å². The number of hydrogen-bond donors (Lipinski definition) is 2. The second kappa shape index (κ2) is 6.70. The number of nitrogens with zero attached hydrogens (tertiary/aromatic N) is 2. The lowest BCUT2D eigenvalue weighted by atomic mass is 10.2. The third-order valence-electron chi connectivity index (χ3n) is 3.96. The molecule has 0 unspecified atom stereocenters. The summed E-state index contributed by atoms with van der Waals surface area (Å²) in [6, 6.07) is 10.9. The maximum atomic E-state index is 12.2. The smallest absolute Gasteiger partial charge is 0.320 e. The van der Waals surface area contributed by atoms with E-state index in [1.165, 1.54) is 0 Å². The largest absolute Gasteiger partial charge is 0.333 e. The molecule has 1 aromatic heterocycles. The van der Waals surface area contributed by atoms with E-state index in [1.54, 1.807) is 17.2 Å². The molecular weight excluding hydrogens is 304 g/mol. The van der Waals surface area contributed by atoms with Crippen molar-refractivity contribution >= 4 is 23.4 Å². The average molecular weight is 324 g/mol. The van der Waals surface area contributed by atoms with Gasteiger partial charge < -0.3 is 10.2 Å². The van der Waals surface area contributed by atoms with Gasteiger partial charge in [-0.25, -0.2) is 9.78 Å². The van der Waals surface area contributed by atoms with Crippen LogP contribution < -0.4 is 15.5 Å². The van der Waals surface area contributed by atoms with Gasteiger partial charge in [0.1, 0.15) is 5.82 Å². The topological polar surface area (TPSA) is 74.3 Å². The summed E-state index contributed by atoms with van der Waals surface area (Å²) in [5.74, 6) is 0.505. The van der Waals surface area contributed by atoms with Crippen molar-refractivity contribution in [3.05, 3.63) is 53.7 Å². The van der Waals surface area contributed by atoms with Crippen molar-refractivity contribution in [3.63, 3.8) is 0 Å². The van der Waals surface area contributed by atoms with Gasteiger partial charge in [0, 0.05) is 24.8 Å². The van der Waals surface area contributed by atoms with E-state index in [1.807, 2.05) is 44.2 Å². The number of amides is 3. The van der Waals surface area contributed by atoms with Gasteiger partial charge in [-0.1, -0.05) is 17.7 Å². The van der Waals surface area contributed by atoms with Gasteiger partial charge in [0.25, 0.3) is 0 Å². The van der Waals surface area contributed by atoms with Gasteiger partial charge in [0.2, 0.25) is 5.91 Å². The summed E-state index contributed by atoms with van der Waals surface area (Å²) in [5.41, 5.74) is 3.02. The van der Waals surface area contributed by atoms with E-state index < -0.39 is 0 Å². The van der Waals surface area contributed by atoms with E-state index in [0.717, 1.165) is 16.8 Å². The fraction of sp³-hybridized carbons (Fsp3) is 0.278. The minimum absolute atomic E-state index is 0.0119. The van der Waals surface area contributed by atoms with Gasteiger partial charge in [-0.2, -0.15) is 0 Å². The highest BCUT2D eigenvalue weighted by Gasteiger charge is 2.31. The minimum atomic E-state index is -0.350. The zero-order valence-corrected chi connectivity index (χ0v) is 13.7. The van der Waals surface area contributed by atoms with Crippen LogP contribution in [0.2, 0.25) is 0 Å². The van der Waals surface area contributed by atoms with Crippen LogP contribution in [-0.4, -0.2) is 29.5 Å². The number of hydrogen-bond acceptors (Lipinski definition) is 3. The number of aromatic nitrogens is 1. The third-order valence-corrected chi connectivity index (χ3v) is 3.96. The molecule has 1 fully saturated rings. The number of urea groups is 1. The van der Waals surface area contributed by atoms with Crippen molar-refractivity contribution in [2.45, 2.75) is 26.3 Å². The number of aryl methyl sites for hydroxylation is 2. The molecule has 124 valence electrons. The maximum absolute atomic E-state index is 12.2. The van der Waals surface area contributed by atoms with Crippen LogP contribution in [-0.2, 0) is 4.79 Å². The molecule has 3 rings (SSSR count). The number of carbonyl (C=O) groups excluding carboxylic acids is 2. The van der Waals surface area contributed by atoms with Gasteiger partial charge >= 0.3 is 6.03 Å². The predicted molar refractivity (Wildman–Crippen MR) is 93.1 cm³/mol. The molecule has 3 amide bonds. The van der Waals surface area contributed by atoms with Gasteiger partial charge in [0.05, 0.1) is 6.04 Å². The van der Waals surface area contributed by atoms with Crippen molar-refractivity contribution in [1.29, 1.82) is 0 Å². The second-order valence-electron chi connectivity index (χ2n) is 6.06. The van der Waals surface area contributed by atoms with E-state index in [2.05, 4.69) is 15.6 Å². The molecule has 0 spiro atoms. The van der Waals surface area contributed by atoms with Crippen LogP contribution in [0.25, 0.3) is 0 Å². The van der Waals surface area contributed by atoms with E-state index in [-0.39, 0.29) is 18.0 Å². The summed E-state index contributed by atoms with van der Waals surface area (Å²) >= 11 is 0. The Kier molecular flexibility index (Phi) is 4.46. The quantitative estimate of drug-likeness (QED) is 0.911. The first-order valence-corrected chi connectivity index (χ1v) is 7.88. The number of carbonyl (C=O) groups is 2. The van der Waals surface area contributed by atoms with Crippen LogP contribution in [0, 0.1) is 13.8 Å². The Morgan fingerprint density at radius 1 is 1.17 bits per heavy atom. The Bertz CT molecular complexity index is 758. The van der Waals surface area contributed by atoms with E-state index in [9.17, 15) is 9.59 Å². The molecule has 2 heterocycles. The highest BCUT2D eigenvalue weighted by atomic mass is 16.2.